The fraction of sp³-hybridized carbons (Fsp3) is 0.533. The van der Waals surface area contributed by atoms with Crippen LogP contribution < -0.4 is 10.5 Å². The van der Waals surface area contributed by atoms with Crippen LogP contribution in [0.25, 0.3) is 0 Å². The third kappa shape index (κ3) is 3.95. The lowest BCUT2D eigenvalue weighted by atomic mass is 9.94. The van der Waals surface area contributed by atoms with Crippen molar-refractivity contribution < 1.29 is 19.4 Å². The monoisotopic (exact) mass is 281 g/mol. The summed E-state index contributed by atoms with van der Waals surface area (Å²) in [6, 6.07) is 4.73. The van der Waals surface area contributed by atoms with Crippen molar-refractivity contribution in [3.05, 3.63) is 29.3 Å². The van der Waals surface area contributed by atoms with Gasteiger partial charge in [0.25, 0.3) is 0 Å². The van der Waals surface area contributed by atoms with Crippen molar-refractivity contribution >= 4 is 5.97 Å². The second kappa shape index (κ2) is 7.26. The van der Waals surface area contributed by atoms with Gasteiger partial charge < -0.3 is 20.3 Å². The molecule has 0 bridgehead atoms. The summed E-state index contributed by atoms with van der Waals surface area (Å²) in [6.07, 6.45) is -0.946. The number of carbonyl (C=O) groups excluding carboxylic acids is 1. The van der Waals surface area contributed by atoms with Crippen LogP contribution in [0, 0.1) is 0 Å². The first-order chi connectivity index (χ1) is 9.40. The number of hydrogen-bond acceptors (Lipinski definition) is 5. The van der Waals surface area contributed by atoms with Crippen LogP contribution in [-0.2, 0) is 9.53 Å². The normalized spacial score (nSPS) is 13.9. The molecule has 3 N–H and O–H groups in total. The van der Waals surface area contributed by atoms with Crippen molar-refractivity contribution in [1.29, 1.82) is 0 Å². The van der Waals surface area contributed by atoms with E-state index in [2.05, 4.69) is 4.74 Å². The van der Waals surface area contributed by atoms with Gasteiger partial charge in [0.1, 0.15) is 5.75 Å². The lowest BCUT2D eigenvalue weighted by Crippen LogP contribution is -2.31. The highest BCUT2D eigenvalue weighted by Crippen LogP contribution is 2.30. The molecule has 20 heavy (non-hydrogen) atoms. The van der Waals surface area contributed by atoms with Crippen molar-refractivity contribution in [2.75, 3.05) is 14.2 Å². The van der Waals surface area contributed by atoms with Crippen LogP contribution in [-0.4, -0.2) is 31.3 Å². The summed E-state index contributed by atoms with van der Waals surface area (Å²) >= 11 is 0. The largest absolute Gasteiger partial charge is 0.496 e. The molecule has 0 aromatic heterocycles. The Balaban J connectivity index is 2.95. The zero-order valence-electron chi connectivity index (χ0n) is 12.4. The number of nitrogens with two attached hydrogens (primary N) is 1. The van der Waals surface area contributed by atoms with Crippen molar-refractivity contribution in [3.8, 4) is 5.75 Å². The number of benzene rings is 1. The molecule has 0 saturated heterocycles. The summed E-state index contributed by atoms with van der Waals surface area (Å²) in [6.45, 7) is 4.09. The number of methoxy groups -OCH3 is 2. The van der Waals surface area contributed by atoms with Crippen LogP contribution >= 0.6 is 0 Å². The fourth-order valence-corrected chi connectivity index (χ4v) is 2.02. The summed E-state index contributed by atoms with van der Waals surface area (Å²) in [5, 5.41) is 10.2. The van der Waals surface area contributed by atoms with E-state index in [4.69, 9.17) is 10.5 Å². The van der Waals surface area contributed by atoms with Crippen LogP contribution in [0.4, 0.5) is 0 Å². The van der Waals surface area contributed by atoms with E-state index in [9.17, 15) is 9.90 Å². The van der Waals surface area contributed by atoms with E-state index in [-0.39, 0.29) is 12.3 Å². The first-order valence-corrected chi connectivity index (χ1v) is 6.59. The summed E-state index contributed by atoms with van der Waals surface area (Å²) in [5.41, 5.74) is 7.51. The Bertz CT molecular complexity index is 459. The van der Waals surface area contributed by atoms with Crippen molar-refractivity contribution in [2.24, 2.45) is 5.73 Å². The molecule has 5 nitrogen and oxygen atoms in total. The molecular formula is C15H23NO4. The van der Waals surface area contributed by atoms with Gasteiger partial charge in [0.15, 0.2) is 0 Å². The highest BCUT2D eigenvalue weighted by molar-refractivity contribution is 5.70. The highest BCUT2D eigenvalue weighted by atomic mass is 16.5. The number of esters is 1. The number of aliphatic hydroxyl groups is 1. The quantitative estimate of drug-likeness (QED) is 0.776. The van der Waals surface area contributed by atoms with Crippen molar-refractivity contribution in [3.63, 3.8) is 0 Å². The third-order valence-electron chi connectivity index (χ3n) is 3.25. The Morgan fingerprint density at radius 3 is 2.50 bits per heavy atom. The predicted octanol–water partition coefficient (Wildman–Crippen LogP) is 1.74. The molecule has 0 aliphatic rings. The predicted molar refractivity (Wildman–Crippen MR) is 76.7 cm³/mol. The molecule has 0 radical (unpaired) electrons. The van der Waals surface area contributed by atoms with Crippen LogP contribution in [0.5, 0.6) is 5.75 Å². The molecule has 1 aromatic carbocycles. The Morgan fingerprint density at radius 1 is 1.35 bits per heavy atom. The van der Waals surface area contributed by atoms with Gasteiger partial charge >= 0.3 is 5.97 Å². The second-order valence-corrected chi connectivity index (χ2v) is 5.05. The molecule has 112 valence electrons. The minimum absolute atomic E-state index is 0.0271. The van der Waals surface area contributed by atoms with Gasteiger partial charge in [-0.2, -0.15) is 0 Å². The molecule has 0 spiro atoms. The van der Waals surface area contributed by atoms with E-state index in [1.807, 2.05) is 19.9 Å². The molecule has 5 heteroatoms. The van der Waals surface area contributed by atoms with Crippen molar-refractivity contribution in [1.82, 2.24) is 0 Å². The molecule has 0 aliphatic carbocycles. The van der Waals surface area contributed by atoms with Gasteiger partial charge in [-0.05, 0) is 29.2 Å². The van der Waals surface area contributed by atoms with Gasteiger partial charge in [-0.15, -0.1) is 0 Å². The minimum atomic E-state index is -0.919. The molecule has 0 heterocycles. The Morgan fingerprint density at radius 2 is 2.00 bits per heavy atom. The van der Waals surface area contributed by atoms with E-state index in [0.717, 1.165) is 11.3 Å². The Labute approximate surface area is 119 Å². The Hall–Kier alpha value is -1.59. The Kier molecular flexibility index (Phi) is 5.98. The number of hydrogen-bond donors (Lipinski definition) is 2. The molecule has 1 aromatic rings. The smallest absolute Gasteiger partial charge is 0.307 e. The van der Waals surface area contributed by atoms with E-state index in [1.54, 1.807) is 19.2 Å². The lowest BCUT2D eigenvalue weighted by molar-refractivity contribution is -0.141. The summed E-state index contributed by atoms with van der Waals surface area (Å²) in [4.78, 5) is 11.2. The first kappa shape index (κ1) is 16.5. The average molecular weight is 281 g/mol. The molecule has 0 saturated carbocycles. The molecule has 0 amide bonds. The van der Waals surface area contributed by atoms with Gasteiger partial charge in [-0.3, -0.25) is 4.79 Å². The topological polar surface area (TPSA) is 81.8 Å². The van der Waals surface area contributed by atoms with E-state index >= 15 is 0 Å². The number of rotatable bonds is 6. The van der Waals surface area contributed by atoms with E-state index in [1.165, 1.54) is 7.11 Å². The molecule has 2 atom stereocenters. The number of aliphatic hydroxyl groups excluding tert-OH is 1. The summed E-state index contributed by atoms with van der Waals surface area (Å²) in [5.74, 6) is 0.598. The third-order valence-corrected chi connectivity index (χ3v) is 3.25. The van der Waals surface area contributed by atoms with Crippen LogP contribution in [0.2, 0.25) is 0 Å². The van der Waals surface area contributed by atoms with Crippen LogP contribution in [0.1, 0.15) is 43.4 Å². The highest BCUT2D eigenvalue weighted by Gasteiger charge is 2.21. The SMILES string of the molecule is COC(=O)CC(N)C(O)c1ccc(OC)c(C(C)C)c1. The van der Waals surface area contributed by atoms with Gasteiger partial charge in [0.05, 0.1) is 26.7 Å². The molecular weight excluding hydrogens is 258 g/mol. The molecule has 0 fully saturated rings. The maximum Gasteiger partial charge on any atom is 0.307 e. The van der Waals surface area contributed by atoms with Crippen LogP contribution in [0.3, 0.4) is 0 Å². The van der Waals surface area contributed by atoms with E-state index < -0.39 is 18.1 Å². The lowest BCUT2D eigenvalue weighted by Gasteiger charge is -2.20. The maximum absolute atomic E-state index is 11.2. The maximum atomic E-state index is 11.2. The first-order valence-electron chi connectivity index (χ1n) is 6.59. The van der Waals surface area contributed by atoms with Gasteiger partial charge in [-0.25, -0.2) is 0 Å². The molecule has 1 rings (SSSR count). The van der Waals surface area contributed by atoms with Crippen LogP contribution in [0.15, 0.2) is 18.2 Å². The van der Waals surface area contributed by atoms with Gasteiger partial charge in [0, 0.05) is 6.04 Å². The minimum Gasteiger partial charge on any atom is -0.496 e. The standard InChI is InChI=1S/C15H23NO4/c1-9(2)11-7-10(5-6-13(11)19-3)15(18)12(16)8-14(17)20-4/h5-7,9,12,15,18H,8,16H2,1-4H3. The van der Waals surface area contributed by atoms with Gasteiger partial charge in [0.2, 0.25) is 0 Å². The summed E-state index contributed by atoms with van der Waals surface area (Å²) < 4.78 is 9.85. The molecule has 2 unspecified atom stereocenters. The number of ether oxygens (including phenoxy) is 2. The second-order valence-electron chi connectivity index (χ2n) is 5.05. The van der Waals surface area contributed by atoms with E-state index in [0.29, 0.717) is 5.56 Å². The van der Waals surface area contributed by atoms with Crippen molar-refractivity contribution in [2.45, 2.75) is 38.3 Å². The fourth-order valence-electron chi connectivity index (χ4n) is 2.02. The zero-order chi connectivity index (χ0) is 15.3. The van der Waals surface area contributed by atoms with Gasteiger partial charge in [-0.1, -0.05) is 19.9 Å². The zero-order valence-corrected chi connectivity index (χ0v) is 12.4. The number of carbonyl (C=O) groups is 1. The summed E-state index contributed by atoms with van der Waals surface area (Å²) in [7, 11) is 2.91. The average Bonchev–Trinajstić information content (AvgIpc) is 2.45. The molecule has 0 aliphatic heterocycles.